The third kappa shape index (κ3) is 6.80. The smallest absolute Gasteiger partial charge is 0.407 e. The summed E-state index contributed by atoms with van der Waals surface area (Å²) >= 11 is 0. The average molecular weight is 230 g/mol. The Hall–Kier alpha value is -1.59. The van der Waals surface area contributed by atoms with Gasteiger partial charge in [-0.1, -0.05) is 0 Å². The highest BCUT2D eigenvalue weighted by molar-refractivity contribution is 6.34. The molecule has 0 radical (unpaired) electrons. The lowest BCUT2D eigenvalue weighted by Gasteiger charge is -2.21. The topological polar surface area (TPSA) is 99.5 Å². The van der Waals surface area contributed by atoms with Crippen LogP contribution in [0.15, 0.2) is 0 Å². The number of hydrogen-bond acceptors (Lipinski definition) is 4. The van der Waals surface area contributed by atoms with Gasteiger partial charge in [0.05, 0.1) is 0 Å². The zero-order chi connectivity index (χ0) is 12.9. The van der Waals surface area contributed by atoms with Crippen molar-refractivity contribution in [1.29, 1.82) is 5.41 Å². The number of alkyl carbamates (subject to hydrolysis) is 1. The van der Waals surface area contributed by atoms with E-state index in [-0.39, 0.29) is 6.42 Å². The fraction of sp³-hybridized carbons (Fsp3) is 0.700. The Bertz CT molecular complexity index is 294. The molecule has 92 valence electrons. The molecule has 0 unspecified atom stereocenters. The molecule has 16 heavy (non-hydrogen) atoms. The van der Waals surface area contributed by atoms with Gasteiger partial charge in [0.2, 0.25) is 0 Å². The van der Waals surface area contributed by atoms with Gasteiger partial charge < -0.3 is 15.2 Å². The molecule has 0 fully saturated rings. The highest BCUT2D eigenvalue weighted by Gasteiger charge is 2.19. The first-order chi connectivity index (χ1) is 7.11. The predicted molar refractivity (Wildman–Crippen MR) is 58.8 cm³/mol. The first-order valence-electron chi connectivity index (χ1n) is 4.92. The van der Waals surface area contributed by atoms with Crippen LogP contribution < -0.4 is 5.32 Å². The van der Waals surface area contributed by atoms with Gasteiger partial charge in [0.25, 0.3) is 0 Å². The molecule has 6 heteroatoms. The maximum atomic E-state index is 11.3. The highest BCUT2D eigenvalue weighted by atomic mass is 16.6. The summed E-state index contributed by atoms with van der Waals surface area (Å²) in [6.45, 7) is 6.81. The van der Waals surface area contributed by atoms with Crippen LogP contribution in [0.5, 0.6) is 0 Å². The second-order valence-corrected chi connectivity index (χ2v) is 4.54. The van der Waals surface area contributed by atoms with Gasteiger partial charge in [-0.3, -0.25) is 5.41 Å². The Morgan fingerprint density at radius 2 is 1.94 bits per heavy atom. The third-order valence-electron chi connectivity index (χ3n) is 1.53. The summed E-state index contributed by atoms with van der Waals surface area (Å²) in [5, 5.41) is 18.0. The van der Waals surface area contributed by atoms with Crippen LogP contribution in [-0.4, -0.2) is 34.5 Å². The van der Waals surface area contributed by atoms with Gasteiger partial charge in [-0.15, -0.1) is 0 Å². The van der Waals surface area contributed by atoms with E-state index >= 15 is 0 Å². The molecule has 0 spiro atoms. The van der Waals surface area contributed by atoms with E-state index in [9.17, 15) is 9.59 Å². The maximum absolute atomic E-state index is 11.3. The van der Waals surface area contributed by atoms with Crippen LogP contribution in [0.4, 0.5) is 4.79 Å². The summed E-state index contributed by atoms with van der Waals surface area (Å²) in [7, 11) is 0. The number of nitrogens with one attached hydrogen (secondary N) is 2. The van der Waals surface area contributed by atoms with Gasteiger partial charge in [-0.2, -0.15) is 0 Å². The minimum atomic E-state index is -1.28. The van der Waals surface area contributed by atoms with Crippen LogP contribution >= 0.6 is 0 Å². The summed E-state index contributed by atoms with van der Waals surface area (Å²) in [5.74, 6) is -1.28. The Kier molecular flexibility index (Phi) is 4.94. The number of amides is 1. The van der Waals surface area contributed by atoms with Crippen molar-refractivity contribution in [3.05, 3.63) is 0 Å². The normalized spacial score (nSPS) is 12.8. The Balaban J connectivity index is 4.06. The van der Waals surface area contributed by atoms with Gasteiger partial charge >= 0.3 is 12.1 Å². The van der Waals surface area contributed by atoms with E-state index in [1.165, 1.54) is 0 Å². The van der Waals surface area contributed by atoms with Gasteiger partial charge in [0.15, 0.2) is 0 Å². The van der Waals surface area contributed by atoms with Crippen molar-refractivity contribution >= 4 is 17.8 Å². The largest absolute Gasteiger partial charge is 0.477 e. The molecular weight excluding hydrogens is 212 g/mol. The number of ether oxygens (including phenoxy) is 1. The number of carboxylic acids is 1. The van der Waals surface area contributed by atoms with Crippen molar-refractivity contribution in [2.24, 2.45) is 0 Å². The van der Waals surface area contributed by atoms with Gasteiger partial charge in [0, 0.05) is 12.5 Å². The zero-order valence-electron chi connectivity index (χ0n) is 9.96. The Morgan fingerprint density at radius 1 is 1.44 bits per heavy atom. The van der Waals surface area contributed by atoms with Crippen LogP contribution in [-0.2, 0) is 9.53 Å². The Morgan fingerprint density at radius 3 is 2.31 bits per heavy atom. The van der Waals surface area contributed by atoms with Crippen molar-refractivity contribution in [3.63, 3.8) is 0 Å². The molecule has 0 bridgehead atoms. The number of aliphatic carboxylic acids is 1. The molecule has 0 saturated carbocycles. The fourth-order valence-corrected chi connectivity index (χ4v) is 0.953. The van der Waals surface area contributed by atoms with E-state index in [2.05, 4.69) is 5.32 Å². The van der Waals surface area contributed by atoms with Gasteiger partial charge in [-0.05, 0) is 27.7 Å². The molecule has 1 amide bonds. The fourth-order valence-electron chi connectivity index (χ4n) is 0.953. The molecule has 0 aromatic rings. The molecule has 0 aliphatic carbocycles. The van der Waals surface area contributed by atoms with E-state index in [1.807, 2.05) is 0 Å². The van der Waals surface area contributed by atoms with Crippen LogP contribution in [0, 0.1) is 5.41 Å². The molecule has 3 N–H and O–H groups in total. The molecule has 0 aliphatic heterocycles. The molecule has 0 aliphatic rings. The first kappa shape index (κ1) is 14.4. The lowest BCUT2D eigenvalue weighted by molar-refractivity contribution is -0.129. The molecule has 0 heterocycles. The predicted octanol–water partition coefficient (Wildman–Crippen LogP) is 1.39. The van der Waals surface area contributed by atoms with Crippen molar-refractivity contribution in [2.45, 2.75) is 45.8 Å². The molecule has 0 aromatic heterocycles. The number of hydrogen-bond donors (Lipinski definition) is 3. The monoisotopic (exact) mass is 230 g/mol. The molecular formula is C10H18N2O4. The second kappa shape index (κ2) is 5.48. The van der Waals surface area contributed by atoms with Crippen LogP contribution in [0.25, 0.3) is 0 Å². The maximum Gasteiger partial charge on any atom is 0.407 e. The van der Waals surface area contributed by atoms with Gasteiger partial charge in [0.1, 0.15) is 11.3 Å². The second-order valence-electron chi connectivity index (χ2n) is 4.54. The standard InChI is InChI=1S/C10H18N2O4/c1-6(5-7(11)8(13)14)12-9(15)16-10(2,3)4/h6,11H,5H2,1-4H3,(H,12,15)(H,13,14)/t6-/m1/s1. The van der Waals surface area contributed by atoms with Crippen molar-refractivity contribution < 1.29 is 19.4 Å². The minimum Gasteiger partial charge on any atom is -0.477 e. The minimum absolute atomic E-state index is 0.0332. The number of rotatable bonds is 4. The molecule has 1 atom stereocenters. The van der Waals surface area contributed by atoms with E-state index in [1.54, 1.807) is 27.7 Å². The van der Waals surface area contributed by atoms with Crippen LogP contribution in [0.3, 0.4) is 0 Å². The Labute approximate surface area is 94.5 Å². The number of carboxylic acid groups (broad SMARTS) is 1. The molecule has 0 aromatic carbocycles. The van der Waals surface area contributed by atoms with E-state index in [0.29, 0.717) is 0 Å². The first-order valence-corrected chi connectivity index (χ1v) is 4.92. The number of carbonyl (C=O) groups excluding carboxylic acids is 1. The molecule has 0 saturated heterocycles. The van der Waals surface area contributed by atoms with Crippen molar-refractivity contribution in [2.75, 3.05) is 0 Å². The van der Waals surface area contributed by atoms with Crippen molar-refractivity contribution in [1.82, 2.24) is 5.32 Å². The summed E-state index contributed by atoms with van der Waals surface area (Å²) < 4.78 is 4.98. The average Bonchev–Trinajstić information content (AvgIpc) is 1.98. The summed E-state index contributed by atoms with van der Waals surface area (Å²) in [6.07, 6.45) is -0.646. The molecule has 6 nitrogen and oxygen atoms in total. The lowest BCUT2D eigenvalue weighted by atomic mass is 10.1. The third-order valence-corrected chi connectivity index (χ3v) is 1.53. The van der Waals surface area contributed by atoms with E-state index in [4.69, 9.17) is 15.3 Å². The van der Waals surface area contributed by atoms with Gasteiger partial charge in [-0.25, -0.2) is 9.59 Å². The molecule has 0 rings (SSSR count). The van der Waals surface area contributed by atoms with Crippen molar-refractivity contribution in [3.8, 4) is 0 Å². The summed E-state index contributed by atoms with van der Waals surface area (Å²) in [4.78, 5) is 21.7. The SMILES string of the molecule is C[C@H](CC(=N)C(=O)O)NC(=O)OC(C)(C)C. The van der Waals surface area contributed by atoms with Crippen LogP contribution in [0.2, 0.25) is 0 Å². The summed E-state index contributed by atoms with van der Waals surface area (Å²) in [6, 6.07) is -0.446. The van der Waals surface area contributed by atoms with Crippen LogP contribution in [0.1, 0.15) is 34.1 Å². The lowest BCUT2D eigenvalue weighted by Crippen LogP contribution is -2.39. The zero-order valence-corrected chi connectivity index (χ0v) is 9.96. The highest BCUT2D eigenvalue weighted by Crippen LogP contribution is 2.07. The van der Waals surface area contributed by atoms with E-state index < -0.39 is 29.4 Å². The number of carbonyl (C=O) groups is 2. The van der Waals surface area contributed by atoms with E-state index in [0.717, 1.165) is 0 Å². The quantitative estimate of drug-likeness (QED) is 0.635. The summed E-state index contributed by atoms with van der Waals surface area (Å²) in [5.41, 5.74) is -1.03.